The Bertz CT molecular complexity index is 286. The number of thioether (sulfide) groups is 1. The first kappa shape index (κ1) is 12.6. The maximum Gasteiger partial charge on any atom is 0.114 e. The summed E-state index contributed by atoms with van der Waals surface area (Å²) < 4.78 is 5.18. The lowest BCUT2D eigenvalue weighted by Gasteiger charge is -2.13. The summed E-state index contributed by atoms with van der Waals surface area (Å²) in [5.74, 6) is 1.61. The number of aryl methyl sites for hydroxylation is 1. The first-order valence-corrected chi connectivity index (χ1v) is 6.16. The third-order valence-corrected chi connectivity index (χ3v) is 3.29. The minimum Gasteiger partial charge on any atom is -0.468 e. The van der Waals surface area contributed by atoms with E-state index in [2.05, 4.69) is 19.2 Å². The monoisotopic (exact) mass is 229 g/mol. The molecule has 0 amide bonds. The summed E-state index contributed by atoms with van der Waals surface area (Å²) in [4.78, 5) is 1.11. The standard InChI is InChI=1S/C11H19NO2S/c1-8(2)12-6-10(13)7-15-11-4-5-14-9(11)3/h4-5,8,10,12-13H,6-7H2,1-3H3. The number of aliphatic hydroxyl groups is 1. The predicted octanol–water partition coefficient (Wildman–Crippen LogP) is 2.04. The van der Waals surface area contributed by atoms with Crippen LogP contribution >= 0.6 is 11.8 Å². The Labute approximate surface area is 95.2 Å². The zero-order chi connectivity index (χ0) is 11.3. The maximum atomic E-state index is 9.67. The molecule has 4 heteroatoms. The van der Waals surface area contributed by atoms with E-state index >= 15 is 0 Å². The van der Waals surface area contributed by atoms with Gasteiger partial charge in [0.2, 0.25) is 0 Å². The molecule has 1 atom stereocenters. The minimum atomic E-state index is -0.313. The van der Waals surface area contributed by atoms with Crippen LogP contribution in [-0.2, 0) is 0 Å². The second-order valence-corrected chi connectivity index (χ2v) is 4.93. The summed E-state index contributed by atoms with van der Waals surface area (Å²) >= 11 is 1.63. The zero-order valence-corrected chi connectivity index (χ0v) is 10.3. The van der Waals surface area contributed by atoms with Gasteiger partial charge in [0.15, 0.2) is 0 Å². The highest BCUT2D eigenvalue weighted by molar-refractivity contribution is 7.99. The van der Waals surface area contributed by atoms with E-state index in [-0.39, 0.29) is 6.10 Å². The Hall–Kier alpha value is -0.450. The fourth-order valence-corrected chi connectivity index (χ4v) is 2.03. The zero-order valence-electron chi connectivity index (χ0n) is 9.49. The number of aliphatic hydroxyl groups excluding tert-OH is 1. The van der Waals surface area contributed by atoms with Crippen molar-refractivity contribution in [3.63, 3.8) is 0 Å². The average molecular weight is 229 g/mol. The number of hydrogen-bond acceptors (Lipinski definition) is 4. The summed E-state index contributed by atoms with van der Waals surface area (Å²) in [6.45, 7) is 6.71. The van der Waals surface area contributed by atoms with Crippen molar-refractivity contribution >= 4 is 11.8 Å². The van der Waals surface area contributed by atoms with E-state index in [0.29, 0.717) is 18.3 Å². The molecule has 2 N–H and O–H groups in total. The quantitative estimate of drug-likeness (QED) is 0.733. The van der Waals surface area contributed by atoms with Gasteiger partial charge in [-0.2, -0.15) is 0 Å². The molecule has 1 unspecified atom stereocenters. The Kier molecular flexibility index (Phi) is 5.22. The van der Waals surface area contributed by atoms with Gasteiger partial charge < -0.3 is 14.8 Å². The van der Waals surface area contributed by atoms with Crippen LogP contribution in [0.1, 0.15) is 19.6 Å². The van der Waals surface area contributed by atoms with Crippen LogP contribution in [0.4, 0.5) is 0 Å². The molecule has 0 bridgehead atoms. The molecule has 86 valence electrons. The van der Waals surface area contributed by atoms with Crippen LogP contribution in [0.25, 0.3) is 0 Å². The Balaban J connectivity index is 2.22. The lowest BCUT2D eigenvalue weighted by atomic mass is 10.3. The Morgan fingerprint density at radius 3 is 2.80 bits per heavy atom. The fourth-order valence-electron chi connectivity index (χ4n) is 1.14. The van der Waals surface area contributed by atoms with Crippen molar-refractivity contribution in [3.05, 3.63) is 18.1 Å². The summed E-state index contributed by atoms with van der Waals surface area (Å²) in [5.41, 5.74) is 0. The summed E-state index contributed by atoms with van der Waals surface area (Å²) in [5, 5.41) is 12.9. The highest BCUT2D eigenvalue weighted by atomic mass is 32.2. The van der Waals surface area contributed by atoms with Crippen molar-refractivity contribution < 1.29 is 9.52 Å². The van der Waals surface area contributed by atoms with Crippen molar-refractivity contribution in [3.8, 4) is 0 Å². The van der Waals surface area contributed by atoms with Gasteiger partial charge in [-0.25, -0.2) is 0 Å². The lowest BCUT2D eigenvalue weighted by molar-refractivity contribution is 0.192. The first-order valence-electron chi connectivity index (χ1n) is 5.18. The van der Waals surface area contributed by atoms with Crippen LogP contribution in [0.2, 0.25) is 0 Å². The molecule has 0 saturated carbocycles. The third kappa shape index (κ3) is 4.73. The van der Waals surface area contributed by atoms with Gasteiger partial charge >= 0.3 is 0 Å². The second-order valence-electron chi connectivity index (χ2n) is 3.87. The average Bonchev–Trinajstić information content (AvgIpc) is 2.58. The highest BCUT2D eigenvalue weighted by Crippen LogP contribution is 2.23. The number of hydrogen-bond donors (Lipinski definition) is 2. The first-order chi connectivity index (χ1) is 7.09. The maximum absolute atomic E-state index is 9.67. The van der Waals surface area contributed by atoms with Crippen molar-refractivity contribution in [2.75, 3.05) is 12.3 Å². The third-order valence-electron chi connectivity index (χ3n) is 2.00. The highest BCUT2D eigenvalue weighted by Gasteiger charge is 2.08. The molecule has 0 spiro atoms. The molecule has 0 aliphatic heterocycles. The SMILES string of the molecule is Cc1occc1SCC(O)CNC(C)C. The molecule has 0 aliphatic rings. The summed E-state index contributed by atoms with van der Waals surface area (Å²) in [6.07, 6.45) is 1.36. The molecule has 1 heterocycles. The molecule has 15 heavy (non-hydrogen) atoms. The van der Waals surface area contributed by atoms with E-state index in [1.165, 1.54) is 0 Å². The van der Waals surface area contributed by atoms with Crippen LogP contribution in [0.5, 0.6) is 0 Å². The normalized spacial score (nSPS) is 13.4. The molecule has 0 fully saturated rings. The van der Waals surface area contributed by atoms with Crippen LogP contribution in [0, 0.1) is 6.92 Å². The molecular weight excluding hydrogens is 210 g/mol. The number of nitrogens with one attached hydrogen (secondary N) is 1. The van der Waals surface area contributed by atoms with E-state index in [0.717, 1.165) is 10.7 Å². The van der Waals surface area contributed by atoms with E-state index in [1.54, 1.807) is 18.0 Å². The minimum absolute atomic E-state index is 0.313. The molecule has 0 radical (unpaired) electrons. The van der Waals surface area contributed by atoms with Crippen LogP contribution in [0.3, 0.4) is 0 Å². The molecule has 0 aromatic carbocycles. The smallest absolute Gasteiger partial charge is 0.114 e. The molecule has 0 saturated heterocycles. The molecule has 1 rings (SSSR count). The van der Waals surface area contributed by atoms with Gasteiger partial charge in [-0.15, -0.1) is 11.8 Å². The number of furan rings is 1. The van der Waals surface area contributed by atoms with E-state index in [4.69, 9.17) is 4.42 Å². The van der Waals surface area contributed by atoms with Gasteiger partial charge in [0.05, 0.1) is 12.4 Å². The molecular formula is C11H19NO2S. The van der Waals surface area contributed by atoms with Crippen molar-refractivity contribution in [2.45, 2.75) is 37.8 Å². The fraction of sp³-hybridized carbons (Fsp3) is 0.636. The molecule has 3 nitrogen and oxygen atoms in total. The van der Waals surface area contributed by atoms with Crippen molar-refractivity contribution in [1.29, 1.82) is 0 Å². The van der Waals surface area contributed by atoms with Gasteiger partial charge in [0.1, 0.15) is 5.76 Å². The van der Waals surface area contributed by atoms with Gasteiger partial charge in [-0.1, -0.05) is 13.8 Å². The van der Waals surface area contributed by atoms with E-state index in [9.17, 15) is 5.11 Å². The van der Waals surface area contributed by atoms with Crippen molar-refractivity contribution in [2.24, 2.45) is 0 Å². The van der Waals surface area contributed by atoms with Crippen LogP contribution in [0.15, 0.2) is 21.6 Å². The van der Waals surface area contributed by atoms with Crippen molar-refractivity contribution in [1.82, 2.24) is 5.32 Å². The van der Waals surface area contributed by atoms with Gasteiger partial charge in [-0.3, -0.25) is 0 Å². The summed E-state index contributed by atoms with van der Waals surface area (Å²) in [6, 6.07) is 2.35. The van der Waals surface area contributed by atoms with Crippen LogP contribution < -0.4 is 5.32 Å². The summed E-state index contributed by atoms with van der Waals surface area (Å²) in [7, 11) is 0. The van der Waals surface area contributed by atoms with Gasteiger partial charge in [0.25, 0.3) is 0 Å². The van der Waals surface area contributed by atoms with E-state index < -0.39 is 0 Å². The Morgan fingerprint density at radius 1 is 1.53 bits per heavy atom. The topological polar surface area (TPSA) is 45.4 Å². The largest absolute Gasteiger partial charge is 0.468 e. The number of rotatable bonds is 6. The molecule has 0 aliphatic carbocycles. The second kappa shape index (κ2) is 6.20. The lowest BCUT2D eigenvalue weighted by Crippen LogP contribution is -2.33. The van der Waals surface area contributed by atoms with Gasteiger partial charge in [0, 0.05) is 23.2 Å². The predicted molar refractivity (Wildman–Crippen MR) is 63.3 cm³/mol. The molecule has 1 aromatic rings. The molecule has 1 aromatic heterocycles. The van der Waals surface area contributed by atoms with Crippen LogP contribution in [-0.4, -0.2) is 29.5 Å². The van der Waals surface area contributed by atoms with Gasteiger partial charge in [-0.05, 0) is 13.0 Å². The Morgan fingerprint density at radius 2 is 2.27 bits per heavy atom. The van der Waals surface area contributed by atoms with E-state index in [1.807, 2.05) is 13.0 Å².